The van der Waals surface area contributed by atoms with Crippen LogP contribution in [0.5, 0.6) is 0 Å². The largest absolute Gasteiger partial charge is 0.389 e. The Labute approximate surface area is 80.0 Å². The minimum atomic E-state index is -0.351. The second-order valence-corrected chi connectivity index (χ2v) is 2.87. The number of carbonyl (C=O) groups is 1. The summed E-state index contributed by atoms with van der Waals surface area (Å²) in [4.78, 5) is 10.6. The fourth-order valence-corrected chi connectivity index (χ4v) is 0.835. The molecule has 0 spiro atoms. The summed E-state index contributed by atoms with van der Waals surface area (Å²) in [6.45, 7) is 1.79. The van der Waals surface area contributed by atoms with Crippen molar-refractivity contribution in [3.63, 3.8) is 0 Å². The summed E-state index contributed by atoms with van der Waals surface area (Å²) in [7, 11) is 0. The van der Waals surface area contributed by atoms with Crippen LogP contribution in [-0.2, 0) is 4.79 Å². The minimum absolute atomic E-state index is 0.131. The molecule has 0 bridgehead atoms. The lowest BCUT2D eigenvalue weighted by atomic mass is 10.2. The van der Waals surface area contributed by atoms with Gasteiger partial charge in [-0.25, -0.2) is 0 Å². The van der Waals surface area contributed by atoms with Crippen LogP contribution in [0.15, 0.2) is 24.3 Å². The molecule has 0 heterocycles. The molecule has 0 aliphatic heterocycles. The zero-order valence-corrected chi connectivity index (χ0v) is 8.20. The Balaban J connectivity index is 3.36. The minimum Gasteiger partial charge on any atom is -0.389 e. The number of aliphatic hydroxyl groups excluding tert-OH is 1. The van der Waals surface area contributed by atoms with Crippen LogP contribution in [0.4, 0.5) is 0 Å². The van der Waals surface area contributed by atoms with Crippen molar-refractivity contribution in [1.29, 1.82) is 0 Å². The lowest BCUT2D eigenvalue weighted by Gasteiger charge is -1.87. The molecule has 0 aromatic rings. The number of Topliss-reactive ketones (excluding diaryl/α,β-unsaturated/α-hetero) is 1. The first-order valence-electron chi connectivity index (χ1n) is 4.73. The Kier molecular flexibility index (Phi) is 8.57. The van der Waals surface area contributed by atoms with E-state index in [1.807, 2.05) is 6.08 Å². The van der Waals surface area contributed by atoms with Gasteiger partial charge in [0.25, 0.3) is 0 Å². The molecule has 0 fully saturated rings. The second-order valence-electron chi connectivity index (χ2n) is 2.87. The molecule has 13 heavy (non-hydrogen) atoms. The summed E-state index contributed by atoms with van der Waals surface area (Å²) in [5.74, 6) is -0.131. The molecule has 0 aliphatic carbocycles. The number of rotatable bonds is 7. The van der Waals surface area contributed by atoms with Crippen LogP contribution in [-0.4, -0.2) is 17.5 Å². The van der Waals surface area contributed by atoms with Gasteiger partial charge in [0.2, 0.25) is 0 Å². The molecule has 0 radical (unpaired) electrons. The standard InChI is InChI=1S/C11H18O2/c1-2-3-4-5-6-7-8-9-11(13)10-12/h4-5,7-8,12H,2-3,6,9-10H2,1H3/b5-4-,8-7-. The quantitative estimate of drug-likeness (QED) is 0.613. The van der Waals surface area contributed by atoms with Gasteiger partial charge in [-0.2, -0.15) is 0 Å². The van der Waals surface area contributed by atoms with Crippen LogP contribution < -0.4 is 0 Å². The zero-order valence-electron chi connectivity index (χ0n) is 8.20. The third-order valence-electron chi connectivity index (χ3n) is 1.58. The van der Waals surface area contributed by atoms with E-state index >= 15 is 0 Å². The van der Waals surface area contributed by atoms with Crippen molar-refractivity contribution < 1.29 is 9.90 Å². The van der Waals surface area contributed by atoms with Crippen molar-refractivity contribution in [2.24, 2.45) is 0 Å². The van der Waals surface area contributed by atoms with E-state index in [4.69, 9.17) is 5.11 Å². The molecular formula is C11H18O2. The summed E-state index contributed by atoms with van der Waals surface area (Å²) >= 11 is 0. The average molecular weight is 182 g/mol. The van der Waals surface area contributed by atoms with E-state index in [9.17, 15) is 4.79 Å². The number of ketones is 1. The number of hydrogen-bond acceptors (Lipinski definition) is 2. The number of unbranched alkanes of at least 4 members (excludes halogenated alkanes) is 1. The van der Waals surface area contributed by atoms with E-state index < -0.39 is 0 Å². The molecular weight excluding hydrogens is 164 g/mol. The first-order chi connectivity index (χ1) is 6.31. The Morgan fingerprint density at radius 3 is 2.54 bits per heavy atom. The lowest BCUT2D eigenvalue weighted by molar-refractivity contribution is -0.120. The first-order valence-corrected chi connectivity index (χ1v) is 4.73. The Morgan fingerprint density at radius 1 is 1.23 bits per heavy atom. The molecule has 0 unspecified atom stereocenters. The van der Waals surface area contributed by atoms with E-state index in [1.54, 1.807) is 6.08 Å². The maximum absolute atomic E-state index is 10.6. The third-order valence-corrected chi connectivity index (χ3v) is 1.58. The Bertz CT molecular complexity index is 181. The van der Waals surface area contributed by atoms with Gasteiger partial charge in [-0.05, 0) is 12.8 Å². The SMILES string of the molecule is CCC/C=C\C/C=C\CC(=O)CO. The number of allylic oxidation sites excluding steroid dienone is 4. The van der Waals surface area contributed by atoms with E-state index in [2.05, 4.69) is 19.1 Å². The van der Waals surface area contributed by atoms with Gasteiger partial charge >= 0.3 is 0 Å². The Hall–Kier alpha value is -0.890. The molecule has 74 valence electrons. The molecule has 0 rings (SSSR count). The maximum atomic E-state index is 10.6. The van der Waals surface area contributed by atoms with Gasteiger partial charge < -0.3 is 5.11 Å². The molecule has 0 aliphatic rings. The van der Waals surface area contributed by atoms with Crippen molar-refractivity contribution in [2.45, 2.75) is 32.6 Å². The van der Waals surface area contributed by atoms with Gasteiger partial charge in [0.05, 0.1) is 0 Å². The predicted molar refractivity (Wildman–Crippen MR) is 54.5 cm³/mol. The van der Waals surface area contributed by atoms with E-state index in [-0.39, 0.29) is 12.4 Å². The second kappa shape index (κ2) is 9.20. The molecule has 2 heteroatoms. The molecule has 0 aromatic heterocycles. The number of aliphatic hydroxyl groups is 1. The van der Waals surface area contributed by atoms with Crippen molar-refractivity contribution >= 4 is 5.78 Å². The smallest absolute Gasteiger partial charge is 0.161 e. The zero-order chi connectivity index (χ0) is 9.94. The van der Waals surface area contributed by atoms with E-state index in [1.165, 1.54) is 6.42 Å². The van der Waals surface area contributed by atoms with Gasteiger partial charge in [-0.3, -0.25) is 4.79 Å². The average Bonchev–Trinajstić information content (AvgIpc) is 2.16. The third kappa shape index (κ3) is 9.02. The van der Waals surface area contributed by atoms with Crippen LogP contribution in [0, 0.1) is 0 Å². The van der Waals surface area contributed by atoms with Crippen LogP contribution in [0.2, 0.25) is 0 Å². The monoisotopic (exact) mass is 182 g/mol. The summed E-state index contributed by atoms with van der Waals surface area (Å²) in [5.41, 5.74) is 0. The van der Waals surface area contributed by atoms with Crippen molar-refractivity contribution in [2.75, 3.05) is 6.61 Å². The van der Waals surface area contributed by atoms with Gasteiger partial charge in [0.15, 0.2) is 5.78 Å². The van der Waals surface area contributed by atoms with Crippen LogP contribution in [0.25, 0.3) is 0 Å². The van der Waals surface area contributed by atoms with Gasteiger partial charge in [0.1, 0.15) is 6.61 Å². The van der Waals surface area contributed by atoms with Crippen LogP contribution in [0.3, 0.4) is 0 Å². The molecule has 0 saturated heterocycles. The molecule has 0 saturated carbocycles. The highest BCUT2D eigenvalue weighted by atomic mass is 16.3. The van der Waals surface area contributed by atoms with Crippen molar-refractivity contribution in [1.82, 2.24) is 0 Å². The van der Waals surface area contributed by atoms with Crippen LogP contribution >= 0.6 is 0 Å². The van der Waals surface area contributed by atoms with Crippen molar-refractivity contribution in [3.05, 3.63) is 24.3 Å². The summed E-state index contributed by atoms with van der Waals surface area (Å²) in [6, 6.07) is 0. The lowest BCUT2D eigenvalue weighted by Crippen LogP contribution is -2.00. The predicted octanol–water partition coefficient (Wildman–Crippen LogP) is 2.24. The highest BCUT2D eigenvalue weighted by Crippen LogP contribution is 1.93. The van der Waals surface area contributed by atoms with Crippen LogP contribution in [0.1, 0.15) is 32.6 Å². The molecule has 0 amide bonds. The summed E-state index contributed by atoms with van der Waals surface area (Å²) in [5, 5.41) is 8.41. The fraction of sp³-hybridized carbons (Fsp3) is 0.545. The number of carbonyl (C=O) groups excluding carboxylic acids is 1. The number of hydrogen-bond donors (Lipinski definition) is 1. The molecule has 1 N–H and O–H groups in total. The van der Waals surface area contributed by atoms with E-state index in [0.29, 0.717) is 6.42 Å². The molecule has 0 atom stereocenters. The van der Waals surface area contributed by atoms with E-state index in [0.717, 1.165) is 12.8 Å². The van der Waals surface area contributed by atoms with Gasteiger partial charge in [0, 0.05) is 6.42 Å². The molecule has 2 nitrogen and oxygen atoms in total. The Morgan fingerprint density at radius 2 is 1.92 bits per heavy atom. The topological polar surface area (TPSA) is 37.3 Å². The summed E-state index contributed by atoms with van der Waals surface area (Å²) < 4.78 is 0. The highest BCUT2D eigenvalue weighted by molar-refractivity contribution is 5.80. The van der Waals surface area contributed by atoms with Gasteiger partial charge in [-0.1, -0.05) is 37.6 Å². The molecule has 0 aromatic carbocycles. The maximum Gasteiger partial charge on any atom is 0.161 e. The fourth-order valence-electron chi connectivity index (χ4n) is 0.835. The van der Waals surface area contributed by atoms with Crippen molar-refractivity contribution in [3.8, 4) is 0 Å². The van der Waals surface area contributed by atoms with Gasteiger partial charge in [-0.15, -0.1) is 0 Å². The first kappa shape index (κ1) is 12.1. The normalized spacial score (nSPS) is 11.5. The highest BCUT2D eigenvalue weighted by Gasteiger charge is 1.92. The summed E-state index contributed by atoms with van der Waals surface area (Å²) in [6.07, 6.45) is 11.5.